The van der Waals surface area contributed by atoms with E-state index in [0.717, 1.165) is 0 Å². The fourth-order valence-electron chi connectivity index (χ4n) is 1.17. The van der Waals surface area contributed by atoms with Crippen molar-refractivity contribution in [1.29, 1.82) is 0 Å². The van der Waals surface area contributed by atoms with E-state index in [9.17, 15) is 4.79 Å². The highest BCUT2D eigenvalue weighted by molar-refractivity contribution is 5.90. The molecule has 5 heteroatoms. The summed E-state index contributed by atoms with van der Waals surface area (Å²) < 4.78 is 5.19. The first kappa shape index (κ1) is 12.4. The Morgan fingerprint density at radius 2 is 2.38 bits per heavy atom. The standard InChI is InChI=1S/C11H17N3O2/c1-2-16-11-6-5-9(8-13-11)14-10(15)4-3-7-12/h5-6,8H,2-4,7,12H2,1H3,(H,14,15). The minimum Gasteiger partial charge on any atom is -0.478 e. The highest BCUT2D eigenvalue weighted by atomic mass is 16.5. The van der Waals surface area contributed by atoms with Gasteiger partial charge in [-0.05, 0) is 26.0 Å². The molecule has 0 aliphatic heterocycles. The number of carbonyl (C=O) groups excluding carboxylic acids is 1. The second kappa shape index (κ2) is 6.79. The Bertz CT molecular complexity index is 325. The molecule has 0 aliphatic carbocycles. The van der Waals surface area contributed by atoms with Crippen LogP contribution in [0, 0.1) is 0 Å². The third-order valence-corrected chi connectivity index (χ3v) is 1.92. The van der Waals surface area contributed by atoms with Crippen LogP contribution < -0.4 is 15.8 Å². The largest absolute Gasteiger partial charge is 0.478 e. The van der Waals surface area contributed by atoms with Crippen molar-refractivity contribution >= 4 is 11.6 Å². The maximum atomic E-state index is 11.4. The molecule has 0 aliphatic rings. The van der Waals surface area contributed by atoms with Gasteiger partial charge in [0.2, 0.25) is 11.8 Å². The molecule has 1 rings (SSSR count). The zero-order valence-corrected chi connectivity index (χ0v) is 9.40. The second-order valence-electron chi connectivity index (χ2n) is 3.26. The van der Waals surface area contributed by atoms with E-state index >= 15 is 0 Å². The summed E-state index contributed by atoms with van der Waals surface area (Å²) in [7, 11) is 0. The number of nitrogens with zero attached hydrogens (tertiary/aromatic N) is 1. The molecule has 0 saturated carbocycles. The van der Waals surface area contributed by atoms with Gasteiger partial charge in [-0.2, -0.15) is 0 Å². The van der Waals surface area contributed by atoms with Crippen LogP contribution in [0.2, 0.25) is 0 Å². The Morgan fingerprint density at radius 1 is 1.56 bits per heavy atom. The minimum absolute atomic E-state index is 0.0450. The lowest BCUT2D eigenvalue weighted by atomic mass is 10.3. The molecule has 0 bridgehead atoms. The van der Waals surface area contributed by atoms with Crippen LogP contribution in [0.15, 0.2) is 18.3 Å². The first-order valence-electron chi connectivity index (χ1n) is 5.35. The van der Waals surface area contributed by atoms with E-state index in [1.165, 1.54) is 0 Å². The molecular formula is C11H17N3O2. The predicted octanol–water partition coefficient (Wildman–Crippen LogP) is 1.16. The molecule has 88 valence electrons. The van der Waals surface area contributed by atoms with Crippen LogP contribution in [-0.2, 0) is 4.79 Å². The Balaban J connectivity index is 2.45. The van der Waals surface area contributed by atoms with E-state index in [2.05, 4.69) is 10.3 Å². The van der Waals surface area contributed by atoms with Gasteiger partial charge in [0.05, 0.1) is 18.5 Å². The zero-order valence-electron chi connectivity index (χ0n) is 9.40. The molecular weight excluding hydrogens is 206 g/mol. The van der Waals surface area contributed by atoms with Crippen LogP contribution in [-0.4, -0.2) is 24.0 Å². The number of anilines is 1. The fourth-order valence-corrected chi connectivity index (χ4v) is 1.17. The van der Waals surface area contributed by atoms with Gasteiger partial charge in [-0.15, -0.1) is 0 Å². The number of aromatic nitrogens is 1. The van der Waals surface area contributed by atoms with Crippen molar-refractivity contribution in [2.24, 2.45) is 5.73 Å². The molecule has 1 aromatic heterocycles. The number of carbonyl (C=O) groups is 1. The van der Waals surface area contributed by atoms with Gasteiger partial charge >= 0.3 is 0 Å². The minimum atomic E-state index is -0.0450. The van der Waals surface area contributed by atoms with Gasteiger partial charge in [0.15, 0.2) is 0 Å². The number of pyridine rings is 1. The number of ether oxygens (including phenoxy) is 1. The van der Waals surface area contributed by atoms with E-state index in [4.69, 9.17) is 10.5 Å². The first-order chi connectivity index (χ1) is 7.76. The SMILES string of the molecule is CCOc1ccc(NC(=O)CCCN)cn1. The number of nitrogens with one attached hydrogen (secondary N) is 1. The predicted molar refractivity (Wildman–Crippen MR) is 62.3 cm³/mol. The quantitative estimate of drug-likeness (QED) is 0.758. The molecule has 0 atom stereocenters. The normalized spacial score (nSPS) is 9.88. The van der Waals surface area contributed by atoms with Gasteiger partial charge < -0.3 is 15.8 Å². The summed E-state index contributed by atoms with van der Waals surface area (Å²) in [5, 5.41) is 2.73. The maximum absolute atomic E-state index is 11.4. The van der Waals surface area contributed by atoms with Crippen molar-refractivity contribution in [2.75, 3.05) is 18.5 Å². The summed E-state index contributed by atoms with van der Waals surface area (Å²) in [4.78, 5) is 15.4. The lowest BCUT2D eigenvalue weighted by Gasteiger charge is -2.05. The number of rotatable bonds is 6. The van der Waals surface area contributed by atoms with E-state index < -0.39 is 0 Å². The molecule has 5 nitrogen and oxygen atoms in total. The third kappa shape index (κ3) is 4.27. The average molecular weight is 223 g/mol. The van der Waals surface area contributed by atoms with Crippen molar-refractivity contribution in [3.05, 3.63) is 18.3 Å². The Labute approximate surface area is 95.0 Å². The van der Waals surface area contributed by atoms with Crippen LogP contribution in [0.1, 0.15) is 19.8 Å². The molecule has 0 unspecified atom stereocenters. The van der Waals surface area contributed by atoms with Crippen molar-refractivity contribution in [3.63, 3.8) is 0 Å². The van der Waals surface area contributed by atoms with E-state index in [1.807, 2.05) is 6.92 Å². The lowest BCUT2D eigenvalue weighted by molar-refractivity contribution is -0.116. The maximum Gasteiger partial charge on any atom is 0.224 e. The van der Waals surface area contributed by atoms with Crippen molar-refractivity contribution in [3.8, 4) is 5.88 Å². The first-order valence-corrected chi connectivity index (χ1v) is 5.35. The lowest BCUT2D eigenvalue weighted by Crippen LogP contribution is -2.13. The van der Waals surface area contributed by atoms with Crippen LogP contribution >= 0.6 is 0 Å². The Hall–Kier alpha value is -1.62. The summed E-state index contributed by atoms with van der Waals surface area (Å²) in [6.07, 6.45) is 2.70. The number of amides is 1. The smallest absolute Gasteiger partial charge is 0.224 e. The molecule has 1 aromatic rings. The molecule has 1 heterocycles. The highest BCUT2D eigenvalue weighted by Crippen LogP contribution is 2.11. The number of hydrogen-bond acceptors (Lipinski definition) is 4. The Kier molecular flexibility index (Phi) is 5.28. The molecule has 0 saturated heterocycles. The van der Waals surface area contributed by atoms with Crippen molar-refractivity contribution in [1.82, 2.24) is 4.98 Å². The second-order valence-corrected chi connectivity index (χ2v) is 3.26. The molecule has 3 N–H and O–H groups in total. The van der Waals surface area contributed by atoms with Crippen LogP contribution in [0.25, 0.3) is 0 Å². The molecule has 1 amide bonds. The Morgan fingerprint density at radius 3 is 2.94 bits per heavy atom. The van der Waals surface area contributed by atoms with Gasteiger partial charge in [0.1, 0.15) is 0 Å². The summed E-state index contributed by atoms with van der Waals surface area (Å²) in [6.45, 7) is 2.99. The summed E-state index contributed by atoms with van der Waals surface area (Å²) in [5.74, 6) is 0.513. The monoisotopic (exact) mass is 223 g/mol. The van der Waals surface area contributed by atoms with E-state index in [-0.39, 0.29) is 5.91 Å². The molecule has 0 radical (unpaired) electrons. The van der Waals surface area contributed by atoms with Gasteiger partial charge in [-0.25, -0.2) is 4.98 Å². The van der Waals surface area contributed by atoms with Gasteiger partial charge in [0, 0.05) is 12.5 Å². The van der Waals surface area contributed by atoms with Gasteiger partial charge in [0.25, 0.3) is 0 Å². The summed E-state index contributed by atoms with van der Waals surface area (Å²) in [5.41, 5.74) is 5.99. The van der Waals surface area contributed by atoms with E-state index in [1.54, 1.807) is 18.3 Å². The van der Waals surface area contributed by atoms with Crippen LogP contribution in [0.5, 0.6) is 5.88 Å². The summed E-state index contributed by atoms with van der Waals surface area (Å²) >= 11 is 0. The number of hydrogen-bond donors (Lipinski definition) is 2. The fraction of sp³-hybridized carbons (Fsp3) is 0.455. The van der Waals surface area contributed by atoms with Gasteiger partial charge in [-0.1, -0.05) is 0 Å². The van der Waals surface area contributed by atoms with Crippen LogP contribution in [0.4, 0.5) is 5.69 Å². The molecule has 16 heavy (non-hydrogen) atoms. The van der Waals surface area contributed by atoms with E-state index in [0.29, 0.717) is 37.6 Å². The molecule has 0 spiro atoms. The number of nitrogens with two attached hydrogens (primary N) is 1. The van der Waals surface area contributed by atoms with Gasteiger partial charge in [-0.3, -0.25) is 4.79 Å². The molecule has 0 fully saturated rings. The zero-order chi connectivity index (χ0) is 11.8. The molecule has 0 aromatic carbocycles. The average Bonchev–Trinajstić information content (AvgIpc) is 2.29. The van der Waals surface area contributed by atoms with Crippen LogP contribution in [0.3, 0.4) is 0 Å². The topological polar surface area (TPSA) is 77.2 Å². The van der Waals surface area contributed by atoms with Crippen molar-refractivity contribution < 1.29 is 9.53 Å². The summed E-state index contributed by atoms with van der Waals surface area (Å²) in [6, 6.07) is 3.49. The third-order valence-electron chi connectivity index (χ3n) is 1.92. The highest BCUT2D eigenvalue weighted by Gasteiger charge is 2.02. The van der Waals surface area contributed by atoms with Crippen molar-refractivity contribution in [2.45, 2.75) is 19.8 Å².